The van der Waals surface area contributed by atoms with Gasteiger partial charge in [-0.3, -0.25) is 0 Å². The molecule has 0 saturated heterocycles. The minimum atomic E-state index is 0.142. The van der Waals surface area contributed by atoms with E-state index in [4.69, 9.17) is 0 Å². The van der Waals surface area contributed by atoms with Gasteiger partial charge < -0.3 is 10.2 Å². The number of hydrogen-bond donors (Lipinski definition) is 2. The van der Waals surface area contributed by atoms with Crippen LogP contribution in [0, 0.1) is 0 Å². The van der Waals surface area contributed by atoms with Crippen LogP contribution in [-0.2, 0) is 12.8 Å². The molecule has 0 aliphatic carbocycles. The van der Waals surface area contributed by atoms with E-state index in [1.54, 1.807) is 0 Å². The molecule has 2 aromatic rings. The first-order chi connectivity index (χ1) is 9.56. The highest BCUT2D eigenvalue weighted by Crippen LogP contribution is 2.31. The first-order valence-corrected chi connectivity index (χ1v) is 7.20. The van der Waals surface area contributed by atoms with Gasteiger partial charge in [-0.1, -0.05) is 45.0 Å². The molecule has 0 aromatic heterocycles. The molecule has 2 heteroatoms. The Labute approximate surface area is 120 Å². The normalized spacial score (nSPS) is 11.0. The number of aromatic hydroxyl groups is 2. The lowest BCUT2D eigenvalue weighted by atomic mass is 9.91. The summed E-state index contributed by atoms with van der Waals surface area (Å²) in [4.78, 5) is 0. The van der Waals surface area contributed by atoms with Crippen LogP contribution in [0.4, 0.5) is 0 Å². The number of hydrogen-bond acceptors (Lipinski definition) is 2. The third-order valence-corrected chi connectivity index (χ3v) is 3.98. The summed E-state index contributed by atoms with van der Waals surface area (Å²) >= 11 is 0. The van der Waals surface area contributed by atoms with Crippen molar-refractivity contribution < 1.29 is 10.2 Å². The van der Waals surface area contributed by atoms with Gasteiger partial charge in [0.25, 0.3) is 0 Å². The predicted octanol–water partition coefficient (Wildman–Crippen LogP) is 4.37. The zero-order chi connectivity index (χ0) is 14.7. The molecule has 0 fully saturated rings. The third-order valence-electron chi connectivity index (χ3n) is 3.98. The molecular formula is C18H22O2. The van der Waals surface area contributed by atoms with Crippen LogP contribution in [0.25, 0.3) is 0 Å². The Kier molecular flexibility index (Phi) is 4.33. The molecule has 2 nitrogen and oxygen atoms in total. The van der Waals surface area contributed by atoms with Crippen LogP contribution in [0.3, 0.4) is 0 Å². The molecule has 0 aliphatic rings. The highest BCUT2D eigenvalue weighted by atomic mass is 16.3. The lowest BCUT2D eigenvalue weighted by molar-refractivity contribution is 0.467. The van der Waals surface area contributed by atoms with Crippen molar-refractivity contribution in [2.45, 2.75) is 39.5 Å². The Hall–Kier alpha value is -1.96. The van der Waals surface area contributed by atoms with E-state index >= 15 is 0 Å². The number of phenolic OH excluding ortho intramolecular Hbond substituents is 2. The largest absolute Gasteiger partial charge is 0.508 e. The maximum Gasteiger partial charge on any atom is 0.119 e. The predicted molar refractivity (Wildman–Crippen MR) is 82.5 cm³/mol. The van der Waals surface area contributed by atoms with Crippen LogP contribution in [0.15, 0.2) is 36.4 Å². The molecule has 2 N–H and O–H groups in total. The monoisotopic (exact) mass is 270 g/mol. The van der Waals surface area contributed by atoms with Crippen LogP contribution < -0.4 is 0 Å². The topological polar surface area (TPSA) is 40.5 Å². The Morgan fingerprint density at radius 1 is 0.800 bits per heavy atom. The maximum absolute atomic E-state index is 9.97. The second-order valence-corrected chi connectivity index (χ2v) is 5.21. The van der Waals surface area contributed by atoms with Gasteiger partial charge in [-0.15, -0.1) is 0 Å². The van der Waals surface area contributed by atoms with Gasteiger partial charge in [0, 0.05) is 5.92 Å². The smallest absolute Gasteiger partial charge is 0.119 e. The average Bonchev–Trinajstić information content (AvgIpc) is 2.46. The summed E-state index contributed by atoms with van der Waals surface area (Å²) in [5.41, 5.74) is 4.04. The van der Waals surface area contributed by atoms with Crippen molar-refractivity contribution in [3.63, 3.8) is 0 Å². The van der Waals surface area contributed by atoms with Crippen molar-refractivity contribution in [1.29, 1.82) is 0 Å². The van der Waals surface area contributed by atoms with Gasteiger partial charge in [0.1, 0.15) is 11.5 Å². The summed E-state index contributed by atoms with van der Waals surface area (Å²) in [6.07, 6.45) is 1.65. The molecular weight excluding hydrogens is 248 g/mol. The van der Waals surface area contributed by atoms with E-state index in [1.807, 2.05) is 50.2 Å². The van der Waals surface area contributed by atoms with E-state index in [-0.39, 0.29) is 5.92 Å². The van der Waals surface area contributed by atoms with Gasteiger partial charge in [-0.05, 0) is 47.2 Å². The third kappa shape index (κ3) is 2.79. The van der Waals surface area contributed by atoms with Gasteiger partial charge in [0.05, 0.1) is 0 Å². The molecule has 0 aliphatic heterocycles. The Morgan fingerprint density at radius 2 is 1.20 bits per heavy atom. The fourth-order valence-corrected chi connectivity index (χ4v) is 2.49. The summed E-state index contributed by atoms with van der Waals surface area (Å²) in [6, 6.07) is 11.7. The summed E-state index contributed by atoms with van der Waals surface area (Å²) in [7, 11) is 0. The quantitative estimate of drug-likeness (QED) is 0.865. The molecule has 2 rings (SSSR count). The van der Waals surface area contributed by atoms with Crippen molar-refractivity contribution >= 4 is 0 Å². The van der Waals surface area contributed by atoms with Crippen LogP contribution >= 0.6 is 0 Å². The van der Waals surface area contributed by atoms with Gasteiger partial charge in [-0.2, -0.15) is 0 Å². The molecule has 0 saturated carbocycles. The molecule has 0 radical (unpaired) electrons. The zero-order valence-corrected chi connectivity index (χ0v) is 12.4. The fraction of sp³-hybridized carbons (Fsp3) is 0.333. The SMILES string of the molecule is CCc1ccc(C(C)c2ccc(CC)c(O)c2)cc1O. The Morgan fingerprint density at radius 3 is 1.50 bits per heavy atom. The molecule has 0 atom stereocenters. The van der Waals surface area contributed by atoms with E-state index in [9.17, 15) is 10.2 Å². The molecule has 0 spiro atoms. The van der Waals surface area contributed by atoms with Crippen molar-refractivity contribution in [2.24, 2.45) is 0 Å². The van der Waals surface area contributed by atoms with E-state index in [0.29, 0.717) is 11.5 Å². The average molecular weight is 270 g/mol. The van der Waals surface area contributed by atoms with Crippen molar-refractivity contribution in [1.82, 2.24) is 0 Å². The number of aryl methyl sites for hydroxylation is 2. The molecule has 0 bridgehead atoms. The summed E-state index contributed by atoms with van der Waals surface area (Å²) in [5.74, 6) is 0.848. The molecule has 106 valence electrons. The van der Waals surface area contributed by atoms with Crippen molar-refractivity contribution in [3.8, 4) is 11.5 Å². The van der Waals surface area contributed by atoms with Crippen LogP contribution in [0.5, 0.6) is 11.5 Å². The van der Waals surface area contributed by atoms with Gasteiger partial charge in [0.15, 0.2) is 0 Å². The Bertz CT molecular complexity index is 549. The van der Waals surface area contributed by atoms with Crippen molar-refractivity contribution in [3.05, 3.63) is 58.7 Å². The molecule has 0 heterocycles. The number of benzene rings is 2. The zero-order valence-electron chi connectivity index (χ0n) is 12.4. The second-order valence-electron chi connectivity index (χ2n) is 5.21. The minimum Gasteiger partial charge on any atom is -0.508 e. The van der Waals surface area contributed by atoms with E-state index in [2.05, 4.69) is 6.92 Å². The van der Waals surface area contributed by atoms with E-state index in [1.165, 1.54) is 0 Å². The number of rotatable bonds is 4. The van der Waals surface area contributed by atoms with E-state index < -0.39 is 0 Å². The maximum atomic E-state index is 9.97. The van der Waals surface area contributed by atoms with Crippen LogP contribution in [0.1, 0.15) is 48.9 Å². The summed E-state index contributed by atoms with van der Waals surface area (Å²) < 4.78 is 0. The standard InChI is InChI=1S/C18H22O2/c1-4-13-6-8-15(10-17(13)19)12(3)16-9-7-14(5-2)18(20)11-16/h6-12,19-20H,4-5H2,1-3H3. The van der Waals surface area contributed by atoms with Gasteiger partial charge in [-0.25, -0.2) is 0 Å². The lowest BCUT2D eigenvalue weighted by Gasteiger charge is -2.15. The lowest BCUT2D eigenvalue weighted by Crippen LogP contribution is -1.97. The molecule has 0 unspecified atom stereocenters. The molecule has 2 aromatic carbocycles. The molecule has 20 heavy (non-hydrogen) atoms. The van der Waals surface area contributed by atoms with Gasteiger partial charge in [0.2, 0.25) is 0 Å². The summed E-state index contributed by atoms with van der Waals surface area (Å²) in [5, 5.41) is 19.9. The fourth-order valence-electron chi connectivity index (χ4n) is 2.49. The first-order valence-electron chi connectivity index (χ1n) is 7.20. The number of phenols is 2. The highest BCUT2D eigenvalue weighted by molar-refractivity contribution is 5.44. The van der Waals surface area contributed by atoms with Crippen molar-refractivity contribution in [2.75, 3.05) is 0 Å². The van der Waals surface area contributed by atoms with Gasteiger partial charge >= 0.3 is 0 Å². The van der Waals surface area contributed by atoms with Crippen LogP contribution in [-0.4, -0.2) is 10.2 Å². The Balaban J connectivity index is 2.33. The highest BCUT2D eigenvalue weighted by Gasteiger charge is 2.12. The van der Waals surface area contributed by atoms with E-state index in [0.717, 1.165) is 35.1 Å². The minimum absolute atomic E-state index is 0.142. The summed E-state index contributed by atoms with van der Waals surface area (Å²) in [6.45, 7) is 6.14. The van der Waals surface area contributed by atoms with Crippen LogP contribution in [0.2, 0.25) is 0 Å². The molecule has 0 amide bonds. The second kappa shape index (κ2) is 6.00. The first kappa shape index (κ1) is 14.4.